The lowest BCUT2D eigenvalue weighted by atomic mass is 10.0. The third-order valence-electron chi connectivity index (χ3n) is 3.26. The number of rotatable bonds is 2. The van der Waals surface area contributed by atoms with Crippen LogP contribution in [0.15, 0.2) is 30.6 Å². The summed E-state index contributed by atoms with van der Waals surface area (Å²) in [6.45, 7) is 1.55. The highest BCUT2D eigenvalue weighted by Gasteiger charge is 2.32. The Morgan fingerprint density at radius 1 is 1.32 bits per heavy atom. The quantitative estimate of drug-likeness (QED) is 0.632. The van der Waals surface area contributed by atoms with E-state index in [-0.39, 0.29) is 5.69 Å². The number of benzene rings is 1. The molecule has 0 bridgehead atoms. The van der Waals surface area contributed by atoms with Gasteiger partial charge in [0.05, 0.1) is 24.4 Å². The van der Waals surface area contributed by atoms with E-state index < -0.39 is 17.7 Å². The summed E-state index contributed by atoms with van der Waals surface area (Å²) in [6, 6.07) is 3.36. The highest BCUT2D eigenvalue weighted by molar-refractivity contribution is 5.93. The summed E-state index contributed by atoms with van der Waals surface area (Å²) in [4.78, 5) is 15.8. The molecular formula is C15H14F3N2O2+. The molecule has 0 radical (unpaired) electrons. The number of aromatic nitrogens is 2. The number of halogens is 3. The zero-order valence-corrected chi connectivity index (χ0v) is 12.2. The summed E-state index contributed by atoms with van der Waals surface area (Å²) < 4.78 is 44.6. The molecule has 0 saturated carbocycles. The van der Waals surface area contributed by atoms with E-state index in [9.17, 15) is 18.0 Å². The minimum Gasteiger partial charge on any atom is -0.464 e. The van der Waals surface area contributed by atoms with Crippen molar-refractivity contribution in [1.29, 1.82) is 0 Å². The van der Waals surface area contributed by atoms with Crippen LogP contribution in [0.3, 0.4) is 0 Å². The number of hydrogen-bond donors (Lipinski definition) is 0. The number of alkyl halides is 3. The van der Waals surface area contributed by atoms with Crippen molar-refractivity contribution in [2.75, 3.05) is 7.11 Å². The van der Waals surface area contributed by atoms with Crippen LogP contribution in [-0.2, 0) is 18.0 Å². The molecule has 0 aliphatic heterocycles. The Bertz CT molecular complexity index is 727. The number of nitrogens with zero attached hydrogens (tertiary/aromatic N) is 2. The standard InChI is InChI=1S/C15H14F3N2O2/c1-9-8-10(15(16,17)18)4-5-11(9)13-12(14(21)22-3)19-6-7-20(13)2/h4-8H,1-3H3/q+1. The van der Waals surface area contributed by atoms with Gasteiger partial charge in [0.1, 0.15) is 7.05 Å². The first-order chi connectivity index (χ1) is 10.3. The van der Waals surface area contributed by atoms with Gasteiger partial charge in [-0.15, -0.1) is 0 Å². The maximum absolute atomic E-state index is 12.8. The fourth-order valence-corrected chi connectivity index (χ4v) is 2.18. The van der Waals surface area contributed by atoms with E-state index in [0.717, 1.165) is 12.1 Å². The predicted octanol–water partition coefficient (Wildman–Crippen LogP) is 2.69. The van der Waals surface area contributed by atoms with Gasteiger partial charge in [0.25, 0.3) is 0 Å². The molecule has 1 aromatic carbocycles. The first kappa shape index (κ1) is 15.9. The lowest BCUT2D eigenvalue weighted by Crippen LogP contribution is -2.34. The highest BCUT2D eigenvalue weighted by atomic mass is 19.4. The van der Waals surface area contributed by atoms with Gasteiger partial charge >= 0.3 is 12.1 Å². The second-order valence-electron chi connectivity index (χ2n) is 4.75. The molecule has 0 N–H and O–H groups in total. The van der Waals surface area contributed by atoms with Crippen molar-refractivity contribution in [3.8, 4) is 11.3 Å². The normalized spacial score (nSPS) is 11.4. The van der Waals surface area contributed by atoms with Crippen LogP contribution in [0.2, 0.25) is 0 Å². The van der Waals surface area contributed by atoms with Gasteiger partial charge < -0.3 is 4.74 Å². The number of methoxy groups -OCH3 is 1. The van der Waals surface area contributed by atoms with Crippen LogP contribution in [0.1, 0.15) is 21.6 Å². The first-order valence-corrected chi connectivity index (χ1v) is 6.37. The van der Waals surface area contributed by atoms with E-state index in [1.54, 1.807) is 24.7 Å². The largest absolute Gasteiger partial charge is 0.464 e. The average molecular weight is 311 g/mol. The molecule has 7 heteroatoms. The maximum Gasteiger partial charge on any atom is 0.416 e. The molecule has 22 heavy (non-hydrogen) atoms. The third-order valence-corrected chi connectivity index (χ3v) is 3.26. The number of esters is 1. The second-order valence-corrected chi connectivity index (χ2v) is 4.75. The van der Waals surface area contributed by atoms with Crippen molar-refractivity contribution in [3.63, 3.8) is 0 Å². The van der Waals surface area contributed by atoms with Crippen LogP contribution in [0.5, 0.6) is 0 Å². The number of hydrogen-bond acceptors (Lipinski definition) is 3. The molecule has 0 spiro atoms. The number of carbonyl (C=O) groups excluding carboxylic acids is 1. The molecule has 2 aromatic rings. The second kappa shape index (κ2) is 5.75. The molecule has 1 heterocycles. The summed E-state index contributed by atoms with van der Waals surface area (Å²) in [5, 5.41) is 0. The van der Waals surface area contributed by atoms with Gasteiger partial charge in [-0.3, -0.25) is 0 Å². The van der Waals surface area contributed by atoms with Gasteiger partial charge in [0.15, 0.2) is 6.20 Å². The Hall–Kier alpha value is -2.44. The van der Waals surface area contributed by atoms with Crippen molar-refractivity contribution in [2.45, 2.75) is 13.1 Å². The van der Waals surface area contributed by atoms with E-state index >= 15 is 0 Å². The van der Waals surface area contributed by atoms with Crippen molar-refractivity contribution < 1.29 is 27.3 Å². The van der Waals surface area contributed by atoms with Gasteiger partial charge in [-0.1, -0.05) is 0 Å². The molecule has 0 saturated heterocycles. The Morgan fingerprint density at radius 2 is 2.00 bits per heavy atom. The first-order valence-electron chi connectivity index (χ1n) is 6.37. The van der Waals surface area contributed by atoms with Crippen molar-refractivity contribution in [3.05, 3.63) is 47.4 Å². The molecule has 0 amide bonds. The van der Waals surface area contributed by atoms with Crippen LogP contribution >= 0.6 is 0 Å². The summed E-state index contributed by atoms with van der Waals surface area (Å²) >= 11 is 0. The molecule has 2 rings (SSSR count). The van der Waals surface area contributed by atoms with Crippen LogP contribution in [-0.4, -0.2) is 18.1 Å². The molecular weight excluding hydrogens is 297 g/mol. The van der Waals surface area contributed by atoms with Crippen molar-refractivity contribution in [1.82, 2.24) is 4.98 Å². The Balaban J connectivity index is 2.65. The number of aryl methyl sites for hydroxylation is 2. The maximum atomic E-state index is 12.8. The smallest absolute Gasteiger partial charge is 0.416 e. The van der Waals surface area contributed by atoms with E-state index in [2.05, 4.69) is 9.72 Å². The van der Waals surface area contributed by atoms with Gasteiger partial charge in [-0.25, -0.2) is 9.78 Å². The lowest BCUT2D eigenvalue weighted by Gasteiger charge is -2.11. The SMILES string of the molecule is COC(=O)c1ncc[n+](C)c1-c1ccc(C(F)(F)F)cc1C. The molecule has 1 aromatic heterocycles. The summed E-state index contributed by atoms with van der Waals surface area (Å²) in [5.74, 6) is -0.648. The monoisotopic (exact) mass is 311 g/mol. The number of carbonyl (C=O) groups is 1. The van der Waals surface area contributed by atoms with Crippen LogP contribution < -0.4 is 4.57 Å². The van der Waals surface area contributed by atoms with Gasteiger partial charge in [0, 0.05) is 0 Å². The summed E-state index contributed by atoms with van der Waals surface area (Å²) in [7, 11) is 2.90. The molecule has 116 valence electrons. The summed E-state index contributed by atoms with van der Waals surface area (Å²) in [5.41, 5.74) is 0.600. The van der Waals surface area contributed by atoms with Crippen LogP contribution in [0.25, 0.3) is 11.3 Å². The zero-order chi connectivity index (χ0) is 16.5. The Morgan fingerprint density at radius 3 is 2.55 bits per heavy atom. The highest BCUT2D eigenvalue weighted by Crippen LogP contribution is 2.32. The van der Waals surface area contributed by atoms with E-state index in [4.69, 9.17) is 0 Å². The lowest BCUT2D eigenvalue weighted by molar-refractivity contribution is -0.661. The molecule has 0 unspecified atom stereocenters. The topological polar surface area (TPSA) is 43.1 Å². The Labute approximate surface area is 125 Å². The fourth-order valence-electron chi connectivity index (χ4n) is 2.18. The third kappa shape index (κ3) is 2.93. The van der Waals surface area contributed by atoms with Crippen LogP contribution in [0, 0.1) is 6.92 Å². The minimum atomic E-state index is -4.41. The van der Waals surface area contributed by atoms with E-state index in [1.807, 2.05) is 0 Å². The molecule has 4 nitrogen and oxygen atoms in total. The average Bonchev–Trinajstić information content (AvgIpc) is 2.45. The van der Waals surface area contributed by atoms with Crippen molar-refractivity contribution in [2.24, 2.45) is 7.05 Å². The van der Waals surface area contributed by atoms with Crippen molar-refractivity contribution >= 4 is 5.97 Å². The van der Waals surface area contributed by atoms with E-state index in [1.165, 1.54) is 19.4 Å². The summed E-state index contributed by atoms with van der Waals surface area (Å²) in [6.07, 6.45) is -1.38. The molecule has 0 fully saturated rings. The minimum absolute atomic E-state index is 0.0513. The van der Waals surface area contributed by atoms with Gasteiger partial charge in [-0.2, -0.15) is 17.7 Å². The van der Waals surface area contributed by atoms with Crippen LogP contribution in [0.4, 0.5) is 13.2 Å². The molecule has 0 aliphatic carbocycles. The fraction of sp³-hybridized carbons (Fsp3) is 0.267. The zero-order valence-electron chi connectivity index (χ0n) is 12.2. The Kier molecular flexibility index (Phi) is 4.16. The van der Waals surface area contributed by atoms with Gasteiger partial charge in [-0.05, 0) is 30.7 Å². The van der Waals surface area contributed by atoms with E-state index in [0.29, 0.717) is 16.8 Å². The molecule has 0 atom stereocenters. The van der Waals surface area contributed by atoms with Gasteiger partial charge in [0.2, 0.25) is 11.4 Å². The number of ether oxygens (including phenoxy) is 1. The predicted molar refractivity (Wildman–Crippen MR) is 71.9 cm³/mol. The molecule has 0 aliphatic rings.